The van der Waals surface area contributed by atoms with Gasteiger partial charge in [0.2, 0.25) is 5.91 Å². The molecule has 0 radical (unpaired) electrons. The smallest absolute Gasteiger partial charge is 0.217 e. The number of carbonyl (C=O) groups excluding carboxylic acids is 2. The Labute approximate surface area is 92.7 Å². The van der Waals surface area contributed by atoms with Crippen molar-refractivity contribution in [2.75, 3.05) is 6.61 Å². The molecule has 0 saturated heterocycles. The average molecular weight is 237 g/mol. The number of nitrogens with one attached hydrogen (secondary N) is 1. The first-order chi connectivity index (χ1) is 6.93. The Morgan fingerprint density at radius 2 is 2.00 bits per heavy atom. The van der Waals surface area contributed by atoms with Gasteiger partial charge in [-0.1, -0.05) is 0 Å². The molecule has 4 N–H and O–H groups in total. The highest BCUT2D eigenvalue weighted by molar-refractivity contribution is 7.81. The number of hydrogen-bond donors (Lipinski definition) is 5. The summed E-state index contributed by atoms with van der Waals surface area (Å²) < 4.78 is 0. The van der Waals surface area contributed by atoms with Gasteiger partial charge in [0.25, 0.3) is 0 Å². The van der Waals surface area contributed by atoms with E-state index < -0.39 is 36.0 Å². The number of aldehydes is 1. The topological polar surface area (TPSA) is 107 Å². The number of thiol groups is 1. The molecule has 88 valence electrons. The zero-order chi connectivity index (χ0) is 12.0. The Hall–Kier alpha value is -0.630. The number of aliphatic hydroxyl groups excluding tert-OH is 3. The molecule has 7 heteroatoms. The van der Waals surface area contributed by atoms with Crippen molar-refractivity contribution in [2.45, 2.75) is 30.4 Å². The summed E-state index contributed by atoms with van der Waals surface area (Å²) in [5, 5.41) is 28.8. The van der Waals surface area contributed by atoms with E-state index in [-0.39, 0.29) is 0 Å². The molecule has 0 spiro atoms. The summed E-state index contributed by atoms with van der Waals surface area (Å²) in [6.45, 7) is 0.729. The predicted octanol–water partition coefficient (Wildman–Crippen LogP) is -2.30. The van der Waals surface area contributed by atoms with E-state index in [1.165, 1.54) is 6.92 Å². The molecular weight excluding hydrogens is 222 g/mol. The predicted molar refractivity (Wildman–Crippen MR) is 55.5 cm³/mol. The lowest BCUT2D eigenvalue weighted by Crippen LogP contribution is -2.52. The second-order valence-electron chi connectivity index (χ2n) is 3.09. The minimum atomic E-state index is -1.50. The van der Waals surface area contributed by atoms with Gasteiger partial charge in [0, 0.05) is 6.92 Å². The van der Waals surface area contributed by atoms with Crippen molar-refractivity contribution >= 4 is 24.8 Å². The number of amides is 1. The molecule has 0 rings (SSSR count). The molecule has 0 aromatic rings. The van der Waals surface area contributed by atoms with Gasteiger partial charge in [-0.25, -0.2) is 0 Å². The van der Waals surface area contributed by atoms with Crippen molar-refractivity contribution in [2.24, 2.45) is 0 Å². The minimum Gasteiger partial charge on any atom is -0.395 e. The van der Waals surface area contributed by atoms with Crippen LogP contribution >= 0.6 is 12.6 Å². The van der Waals surface area contributed by atoms with Gasteiger partial charge in [-0.05, 0) is 0 Å². The van der Waals surface area contributed by atoms with Crippen LogP contribution in [0.25, 0.3) is 0 Å². The largest absolute Gasteiger partial charge is 0.395 e. The zero-order valence-electron chi connectivity index (χ0n) is 8.20. The van der Waals surface area contributed by atoms with E-state index >= 15 is 0 Å². The summed E-state index contributed by atoms with van der Waals surface area (Å²) in [5.74, 6) is -0.502. The van der Waals surface area contributed by atoms with Crippen LogP contribution in [-0.2, 0) is 9.59 Å². The Morgan fingerprint density at radius 1 is 1.47 bits per heavy atom. The first kappa shape index (κ1) is 14.4. The van der Waals surface area contributed by atoms with E-state index in [2.05, 4.69) is 17.9 Å². The SMILES string of the molecule is CC(=O)N[C@@H](C=O)[C@@H](O)[C@H](O)[C@H](S)CO. The Kier molecular flexibility index (Phi) is 6.50. The summed E-state index contributed by atoms with van der Waals surface area (Å²) in [6, 6.07) is -1.21. The fourth-order valence-corrected chi connectivity index (χ4v) is 1.16. The van der Waals surface area contributed by atoms with Gasteiger partial charge < -0.3 is 25.4 Å². The maximum Gasteiger partial charge on any atom is 0.217 e. The van der Waals surface area contributed by atoms with Gasteiger partial charge in [-0.2, -0.15) is 12.6 Å². The van der Waals surface area contributed by atoms with Crippen molar-refractivity contribution in [1.82, 2.24) is 5.32 Å². The molecule has 4 atom stereocenters. The fraction of sp³-hybridized carbons (Fsp3) is 0.750. The van der Waals surface area contributed by atoms with Crippen LogP contribution in [-0.4, -0.2) is 57.6 Å². The number of rotatable bonds is 6. The Balaban J connectivity index is 4.42. The van der Waals surface area contributed by atoms with Crippen molar-refractivity contribution in [3.63, 3.8) is 0 Å². The van der Waals surface area contributed by atoms with Gasteiger partial charge in [0.05, 0.1) is 18.0 Å². The third-order valence-electron chi connectivity index (χ3n) is 1.82. The molecule has 0 aliphatic carbocycles. The van der Waals surface area contributed by atoms with Crippen LogP contribution < -0.4 is 5.32 Å². The lowest BCUT2D eigenvalue weighted by molar-refractivity contribution is -0.125. The summed E-state index contributed by atoms with van der Waals surface area (Å²) in [4.78, 5) is 21.2. The van der Waals surface area contributed by atoms with E-state index in [1.807, 2.05) is 0 Å². The molecule has 0 fully saturated rings. The quantitative estimate of drug-likeness (QED) is 0.264. The van der Waals surface area contributed by atoms with Crippen LogP contribution in [0, 0.1) is 0 Å². The molecule has 6 nitrogen and oxygen atoms in total. The lowest BCUT2D eigenvalue weighted by Gasteiger charge is -2.26. The summed E-state index contributed by atoms with van der Waals surface area (Å²) in [5.41, 5.74) is 0. The maximum absolute atomic E-state index is 10.6. The second kappa shape index (κ2) is 6.78. The number of hydrogen-bond acceptors (Lipinski definition) is 6. The summed E-state index contributed by atoms with van der Waals surface area (Å²) >= 11 is 3.80. The standard InChI is InChI=1S/C8H15NO5S/c1-4(12)9-5(2-10)7(13)8(14)6(15)3-11/h2,5-8,11,13-15H,3H2,1H3,(H,9,12)/t5-,6+,7+,8+/m0/s1. The minimum absolute atomic E-state index is 0.313. The zero-order valence-corrected chi connectivity index (χ0v) is 9.09. The van der Waals surface area contributed by atoms with Crippen LogP contribution in [0.15, 0.2) is 0 Å². The second-order valence-corrected chi connectivity index (χ2v) is 3.76. The number of carbonyl (C=O) groups is 2. The third-order valence-corrected chi connectivity index (χ3v) is 2.28. The Bertz CT molecular complexity index is 225. The van der Waals surface area contributed by atoms with Gasteiger partial charge >= 0.3 is 0 Å². The summed E-state index contributed by atoms with van der Waals surface area (Å²) in [6.07, 6.45) is -2.59. The van der Waals surface area contributed by atoms with E-state index in [4.69, 9.17) is 5.11 Å². The Morgan fingerprint density at radius 3 is 2.33 bits per heavy atom. The molecule has 0 aliphatic rings. The molecule has 0 bridgehead atoms. The van der Waals surface area contributed by atoms with E-state index in [1.54, 1.807) is 0 Å². The van der Waals surface area contributed by atoms with E-state index in [0.717, 1.165) is 0 Å². The monoisotopic (exact) mass is 237 g/mol. The molecule has 1 amide bonds. The van der Waals surface area contributed by atoms with Crippen LogP contribution in [0.2, 0.25) is 0 Å². The highest BCUT2D eigenvalue weighted by atomic mass is 32.1. The third kappa shape index (κ3) is 4.61. The lowest BCUT2D eigenvalue weighted by atomic mass is 10.0. The van der Waals surface area contributed by atoms with Crippen LogP contribution in [0.1, 0.15) is 6.92 Å². The molecule has 0 unspecified atom stereocenters. The van der Waals surface area contributed by atoms with Crippen molar-refractivity contribution < 1.29 is 24.9 Å². The van der Waals surface area contributed by atoms with E-state index in [0.29, 0.717) is 6.29 Å². The highest BCUT2D eigenvalue weighted by Gasteiger charge is 2.30. The van der Waals surface area contributed by atoms with Crippen molar-refractivity contribution in [3.8, 4) is 0 Å². The molecule has 0 heterocycles. The fourth-order valence-electron chi connectivity index (χ4n) is 0.983. The van der Waals surface area contributed by atoms with Crippen molar-refractivity contribution in [3.05, 3.63) is 0 Å². The molecule has 0 saturated carbocycles. The normalized spacial score (nSPS) is 18.7. The van der Waals surface area contributed by atoms with E-state index in [9.17, 15) is 19.8 Å². The van der Waals surface area contributed by atoms with Crippen LogP contribution in [0.5, 0.6) is 0 Å². The molecule has 0 aromatic heterocycles. The molecule has 0 aromatic carbocycles. The van der Waals surface area contributed by atoms with Crippen LogP contribution in [0.4, 0.5) is 0 Å². The first-order valence-corrected chi connectivity index (χ1v) is 4.83. The highest BCUT2D eigenvalue weighted by Crippen LogP contribution is 2.08. The average Bonchev–Trinajstić information content (AvgIpc) is 2.22. The summed E-state index contributed by atoms with van der Waals surface area (Å²) in [7, 11) is 0. The van der Waals surface area contributed by atoms with Gasteiger partial charge in [0.1, 0.15) is 18.4 Å². The first-order valence-electron chi connectivity index (χ1n) is 4.31. The van der Waals surface area contributed by atoms with Crippen molar-refractivity contribution in [1.29, 1.82) is 0 Å². The molecule has 15 heavy (non-hydrogen) atoms. The van der Waals surface area contributed by atoms with Gasteiger partial charge in [-0.3, -0.25) is 4.79 Å². The number of aliphatic hydroxyl groups is 3. The van der Waals surface area contributed by atoms with Crippen LogP contribution in [0.3, 0.4) is 0 Å². The van der Waals surface area contributed by atoms with Gasteiger partial charge in [-0.15, -0.1) is 0 Å². The maximum atomic E-state index is 10.6. The molecule has 0 aliphatic heterocycles. The van der Waals surface area contributed by atoms with Gasteiger partial charge in [0.15, 0.2) is 0 Å². The molecular formula is C8H15NO5S.